The van der Waals surface area contributed by atoms with Gasteiger partial charge in [-0.15, -0.1) is 0 Å². The summed E-state index contributed by atoms with van der Waals surface area (Å²) < 4.78 is 1.33. The Hall–Kier alpha value is -1.14. The predicted octanol–water partition coefficient (Wildman–Crippen LogP) is 3.91. The smallest absolute Gasteiger partial charge is 0.253 e. The Morgan fingerprint density at radius 1 is 1.35 bits per heavy atom. The van der Waals surface area contributed by atoms with Crippen molar-refractivity contribution >= 4 is 48.7 Å². The van der Waals surface area contributed by atoms with E-state index >= 15 is 0 Å². The lowest BCUT2D eigenvalue weighted by Gasteiger charge is -2.11. The molecule has 0 saturated heterocycles. The summed E-state index contributed by atoms with van der Waals surface area (Å²) in [4.78, 5) is 16.4. The molecule has 0 unspecified atom stereocenters. The molecule has 6 heteroatoms. The topological polar surface area (TPSA) is 62.2 Å². The average molecular weight is 402 g/mol. The van der Waals surface area contributed by atoms with Crippen molar-refractivity contribution in [2.75, 3.05) is 6.54 Å². The van der Waals surface area contributed by atoms with E-state index in [9.17, 15) is 9.90 Å². The first-order valence-corrected chi connectivity index (χ1v) is 7.80. The van der Waals surface area contributed by atoms with Crippen LogP contribution in [0.3, 0.4) is 0 Å². The zero-order chi connectivity index (χ0) is 14.9. The molecule has 106 valence electrons. The number of phenols is 1. The molecule has 0 fully saturated rings. The number of nitrogens with one attached hydrogen (secondary N) is 1. The highest BCUT2D eigenvalue weighted by molar-refractivity contribution is 9.11. The van der Waals surface area contributed by atoms with Gasteiger partial charge in [0.1, 0.15) is 5.52 Å². The van der Waals surface area contributed by atoms with Gasteiger partial charge in [-0.25, -0.2) is 4.98 Å². The number of phenolic OH excluding ortho intramolecular Hbond substituents is 1. The molecule has 1 heterocycles. The van der Waals surface area contributed by atoms with Crippen molar-refractivity contribution in [2.45, 2.75) is 20.3 Å². The molecule has 2 aromatic rings. The quantitative estimate of drug-likeness (QED) is 0.819. The Morgan fingerprint density at radius 2 is 2.05 bits per heavy atom. The van der Waals surface area contributed by atoms with E-state index < -0.39 is 0 Å². The minimum absolute atomic E-state index is 0.0758. The molecular formula is C14H14Br2N2O2. The van der Waals surface area contributed by atoms with Crippen molar-refractivity contribution < 1.29 is 9.90 Å². The molecular weight excluding hydrogens is 388 g/mol. The molecule has 0 aliphatic heterocycles. The van der Waals surface area contributed by atoms with E-state index in [-0.39, 0.29) is 11.7 Å². The summed E-state index contributed by atoms with van der Waals surface area (Å²) >= 11 is 6.70. The van der Waals surface area contributed by atoms with E-state index in [0.29, 0.717) is 33.2 Å². The van der Waals surface area contributed by atoms with Crippen LogP contribution in [0.5, 0.6) is 5.75 Å². The summed E-state index contributed by atoms with van der Waals surface area (Å²) in [5, 5.41) is 13.6. The number of carbonyl (C=O) groups excluding carboxylic acids is 1. The van der Waals surface area contributed by atoms with Crippen LogP contribution in [0.2, 0.25) is 0 Å². The monoisotopic (exact) mass is 400 g/mol. The molecule has 0 bridgehead atoms. The van der Waals surface area contributed by atoms with Crippen LogP contribution in [0.4, 0.5) is 0 Å². The predicted molar refractivity (Wildman–Crippen MR) is 86.2 cm³/mol. The average Bonchev–Trinajstić information content (AvgIpc) is 2.41. The molecule has 0 aliphatic carbocycles. The number of pyridine rings is 1. The van der Waals surface area contributed by atoms with Crippen molar-refractivity contribution in [3.05, 3.63) is 32.3 Å². The van der Waals surface area contributed by atoms with Crippen molar-refractivity contribution in [1.29, 1.82) is 0 Å². The third-order valence-electron chi connectivity index (χ3n) is 2.95. The lowest BCUT2D eigenvalue weighted by atomic mass is 10.1. The van der Waals surface area contributed by atoms with Crippen LogP contribution in [0.15, 0.2) is 21.1 Å². The van der Waals surface area contributed by atoms with Crippen LogP contribution in [-0.2, 0) is 0 Å². The zero-order valence-corrected chi connectivity index (χ0v) is 14.3. The van der Waals surface area contributed by atoms with Crippen molar-refractivity contribution in [3.8, 4) is 5.75 Å². The summed E-state index contributed by atoms with van der Waals surface area (Å²) in [5.74, 6) is -0.0696. The number of nitrogens with zero attached hydrogens (tertiary/aromatic N) is 1. The molecule has 4 nitrogen and oxygen atoms in total. The van der Waals surface area contributed by atoms with E-state index in [2.05, 4.69) is 42.2 Å². The van der Waals surface area contributed by atoms with Crippen molar-refractivity contribution in [1.82, 2.24) is 10.3 Å². The van der Waals surface area contributed by atoms with Gasteiger partial charge in [-0.05, 0) is 41.4 Å². The fourth-order valence-electron chi connectivity index (χ4n) is 1.90. The number of carbonyl (C=O) groups is 1. The first-order valence-electron chi connectivity index (χ1n) is 6.22. The molecule has 20 heavy (non-hydrogen) atoms. The molecule has 2 rings (SSSR count). The number of hydrogen-bond donors (Lipinski definition) is 2. The molecule has 0 radical (unpaired) electrons. The first-order chi connectivity index (χ1) is 9.45. The number of rotatable bonds is 3. The van der Waals surface area contributed by atoms with Gasteiger partial charge in [0.2, 0.25) is 0 Å². The van der Waals surface area contributed by atoms with E-state index in [0.717, 1.165) is 10.9 Å². The molecule has 0 spiro atoms. The molecule has 1 amide bonds. The van der Waals surface area contributed by atoms with Gasteiger partial charge >= 0.3 is 0 Å². The summed E-state index contributed by atoms with van der Waals surface area (Å²) in [6, 6.07) is 3.49. The van der Waals surface area contributed by atoms with Crippen LogP contribution in [-0.4, -0.2) is 22.5 Å². The number of aromatic nitrogens is 1. The Kier molecular flexibility index (Phi) is 4.65. The zero-order valence-electron chi connectivity index (χ0n) is 11.1. The lowest BCUT2D eigenvalue weighted by molar-refractivity contribution is 0.0953. The maximum Gasteiger partial charge on any atom is 0.253 e. The number of amides is 1. The van der Waals surface area contributed by atoms with E-state index in [1.807, 2.05) is 6.92 Å². The fraction of sp³-hybridized carbons (Fsp3) is 0.286. The summed E-state index contributed by atoms with van der Waals surface area (Å²) in [6.07, 6.45) is 0.878. The maximum atomic E-state index is 12.1. The molecule has 0 aliphatic rings. The minimum Gasteiger partial charge on any atom is -0.505 e. The number of aromatic hydroxyl groups is 1. The second-order valence-corrected chi connectivity index (χ2v) is 6.17. The van der Waals surface area contributed by atoms with E-state index in [4.69, 9.17) is 0 Å². The van der Waals surface area contributed by atoms with Crippen LogP contribution in [0.1, 0.15) is 29.4 Å². The summed E-state index contributed by atoms with van der Waals surface area (Å²) in [7, 11) is 0. The molecule has 0 saturated carbocycles. The third kappa shape index (κ3) is 2.81. The second kappa shape index (κ2) is 6.10. The Labute approximate surface area is 133 Å². The van der Waals surface area contributed by atoms with Gasteiger partial charge in [-0.1, -0.05) is 22.9 Å². The highest BCUT2D eigenvalue weighted by Crippen LogP contribution is 2.37. The number of hydrogen-bond acceptors (Lipinski definition) is 3. The van der Waals surface area contributed by atoms with Crippen molar-refractivity contribution in [3.63, 3.8) is 0 Å². The first kappa shape index (κ1) is 15.3. The second-order valence-electron chi connectivity index (χ2n) is 4.46. The maximum absolute atomic E-state index is 12.1. The van der Waals surface area contributed by atoms with E-state index in [1.54, 1.807) is 19.1 Å². The minimum atomic E-state index is -0.145. The summed E-state index contributed by atoms with van der Waals surface area (Å²) in [5.41, 5.74) is 1.58. The Morgan fingerprint density at radius 3 is 2.70 bits per heavy atom. The highest BCUT2D eigenvalue weighted by Gasteiger charge is 2.16. The fourth-order valence-corrected chi connectivity index (χ4v) is 3.16. The van der Waals surface area contributed by atoms with Crippen LogP contribution in [0, 0.1) is 6.92 Å². The number of fused-ring (bicyclic) bond motifs is 1. The number of aryl methyl sites for hydroxylation is 1. The van der Waals surface area contributed by atoms with Gasteiger partial charge in [0.05, 0.1) is 15.7 Å². The molecule has 1 aromatic heterocycles. The molecule has 0 atom stereocenters. The van der Waals surface area contributed by atoms with Gasteiger partial charge < -0.3 is 10.4 Å². The molecule has 2 N–H and O–H groups in total. The largest absolute Gasteiger partial charge is 0.505 e. The van der Waals surface area contributed by atoms with Gasteiger partial charge in [0.15, 0.2) is 5.75 Å². The van der Waals surface area contributed by atoms with Gasteiger partial charge in [-0.2, -0.15) is 0 Å². The lowest BCUT2D eigenvalue weighted by Crippen LogP contribution is -2.25. The van der Waals surface area contributed by atoms with Gasteiger partial charge in [0, 0.05) is 16.4 Å². The summed E-state index contributed by atoms with van der Waals surface area (Å²) in [6.45, 7) is 4.38. The highest BCUT2D eigenvalue weighted by atomic mass is 79.9. The van der Waals surface area contributed by atoms with Gasteiger partial charge in [-0.3, -0.25) is 4.79 Å². The van der Waals surface area contributed by atoms with Crippen LogP contribution >= 0.6 is 31.9 Å². The SMILES string of the molecule is CCCNC(=O)c1cc2c(Br)cc(Br)c(O)c2nc1C. The molecule has 1 aromatic carbocycles. The van der Waals surface area contributed by atoms with Crippen LogP contribution < -0.4 is 5.32 Å². The number of benzene rings is 1. The number of halogens is 2. The van der Waals surface area contributed by atoms with Crippen molar-refractivity contribution in [2.24, 2.45) is 0 Å². The van der Waals surface area contributed by atoms with Crippen LogP contribution in [0.25, 0.3) is 10.9 Å². The van der Waals surface area contributed by atoms with Gasteiger partial charge in [0.25, 0.3) is 5.91 Å². The van der Waals surface area contributed by atoms with E-state index in [1.165, 1.54) is 0 Å². The third-order valence-corrected chi connectivity index (χ3v) is 4.22. The normalized spacial score (nSPS) is 10.8. The Balaban J connectivity index is 2.60. The Bertz CT molecular complexity index is 687. The standard InChI is InChI=1S/C14H14Br2N2O2/c1-3-4-17-14(20)8-5-9-10(15)6-11(16)13(19)12(9)18-7(8)2/h5-6,19H,3-4H2,1-2H3,(H,17,20).